The van der Waals surface area contributed by atoms with E-state index in [4.69, 9.17) is 83.0 Å². The topological polar surface area (TPSA) is 243 Å². The van der Waals surface area contributed by atoms with E-state index in [1.54, 1.807) is 0 Å². The maximum atomic E-state index is 12.3. The molecule has 3 N–H and O–H groups in total. The van der Waals surface area contributed by atoms with Gasteiger partial charge in [0.05, 0.1) is 91.0 Å². The van der Waals surface area contributed by atoms with E-state index in [2.05, 4.69) is 0 Å². The summed E-state index contributed by atoms with van der Waals surface area (Å²) in [4.78, 5) is 23.6. The Balaban J connectivity index is 0.000000325. The predicted molar refractivity (Wildman–Crippen MR) is 206 cm³/mol. The number of hydrogen-bond donors (Lipinski definition) is 2. The highest BCUT2D eigenvalue weighted by Crippen LogP contribution is 2.61. The van der Waals surface area contributed by atoms with Gasteiger partial charge in [-0.15, -0.1) is 0 Å². The second-order valence-corrected chi connectivity index (χ2v) is 18.9. The third-order valence-corrected chi connectivity index (χ3v) is 11.6. The van der Waals surface area contributed by atoms with Crippen molar-refractivity contribution in [2.45, 2.75) is 190 Å². The Labute approximate surface area is 343 Å². The summed E-state index contributed by atoms with van der Waals surface area (Å²) < 4.78 is 76.6. The molecule has 23 heteroatoms. The maximum Gasteiger partial charge on any atom is 0.268 e. The summed E-state index contributed by atoms with van der Waals surface area (Å²) in [5, 5.41) is 19.7. The summed E-state index contributed by atoms with van der Waals surface area (Å²) >= 11 is 0. The van der Waals surface area contributed by atoms with Gasteiger partial charge in [0.1, 0.15) is 39.1 Å². The van der Waals surface area contributed by atoms with Crippen LogP contribution in [0.2, 0.25) is 11.6 Å². The van der Waals surface area contributed by atoms with E-state index in [0.717, 1.165) is 0 Å². The zero-order valence-electron chi connectivity index (χ0n) is 34.4. The third kappa shape index (κ3) is 17.1. The van der Waals surface area contributed by atoms with E-state index in [1.165, 1.54) is 0 Å². The summed E-state index contributed by atoms with van der Waals surface area (Å²) in [6, 6.07) is -0.832. The van der Waals surface area contributed by atoms with Crippen LogP contribution in [0.25, 0.3) is 0 Å². The lowest BCUT2D eigenvalue weighted by atomic mass is 9.85. The molecule has 0 aromatic heterocycles. The highest BCUT2D eigenvalue weighted by Gasteiger charge is 2.56. The molecule has 0 aromatic rings. The van der Waals surface area contributed by atoms with Crippen LogP contribution in [0.5, 0.6) is 0 Å². The van der Waals surface area contributed by atoms with E-state index in [1.807, 2.05) is 55.4 Å². The first kappa shape index (κ1) is 53.3. The molecule has 0 aromatic carbocycles. The lowest BCUT2D eigenvalue weighted by Crippen LogP contribution is -2.44. The summed E-state index contributed by atoms with van der Waals surface area (Å²) in [5.41, 5.74) is -2.40. The Morgan fingerprint density at radius 2 is 1.32 bits per heavy atom. The van der Waals surface area contributed by atoms with Gasteiger partial charge in [0.2, 0.25) is 0 Å². The molecule has 3 aliphatic heterocycles. The standard InChI is InChI=1S/C17H31B2O8P.C9H16BO5P.C8H15BO3.H2O/c1-10(2)23-9-17(20)7-12(18)5-15(17)27-28(21,22)24-8-14-13(25-11(3)4)6-16(19)26-14;1-6(2)13-5-9-4-7(10)3-8(9)14-16(11,12)15-9;1-5(2)11-6-3-8(9)12-7(6)4-10;/h10-16,20H,5-9H2,1-4H3,(H,21,22);6-8H,3-5H2,1-2H3,(H,11,12);5-8,10H,3-4H2,1-2H3;1H2/p-3/t12-,13?,14+,15?,16+,17-;7-,8?,9-;6?,7-,8-;/m001./s1. The van der Waals surface area contributed by atoms with Gasteiger partial charge in [-0.25, -0.2) is 0 Å². The molecule has 2 aliphatic carbocycles. The first-order valence-corrected chi connectivity index (χ1v) is 22.3. The van der Waals surface area contributed by atoms with E-state index < -0.39 is 57.0 Å². The van der Waals surface area contributed by atoms with Crippen molar-refractivity contribution >= 4 is 47.0 Å². The van der Waals surface area contributed by atoms with Crippen molar-refractivity contribution in [3.8, 4) is 0 Å². The zero-order valence-corrected chi connectivity index (χ0v) is 36.2. The van der Waals surface area contributed by atoms with Crippen molar-refractivity contribution in [1.82, 2.24) is 0 Å². The number of ether oxygens (including phenoxy) is 6. The van der Waals surface area contributed by atoms with Gasteiger partial charge in [-0.3, -0.25) is 9.13 Å². The normalized spacial score (nSPS) is 39.8. The van der Waals surface area contributed by atoms with Crippen LogP contribution in [-0.4, -0.2) is 158 Å². The van der Waals surface area contributed by atoms with E-state index in [9.17, 15) is 24.0 Å². The number of phosphoric acid groups is 2. The largest absolute Gasteiger partial charge is 0.870 e. The SMILES string of the molecule is [B][C@H]1CC(OC(C)C)[C@@H](CO)O1.[B][C@H]1CC(OP(=O)([O-])OC[C@H]2O[C@@H]([B])CC2OC(C)C)[C@@](O)(COC(C)C)C1.[B][C@H]1CC2OP(=O)([O-])O[C@]2(COC(C)C)C1.[OH-]. The average molecular weight is 847 g/mol. The van der Waals surface area contributed by atoms with Crippen molar-refractivity contribution in [1.29, 1.82) is 0 Å². The van der Waals surface area contributed by atoms with Crippen LogP contribution >= 0.6 is 15.6 Å². The molecule has 5 aliphatic rings. The summed E-state index contributed by atoms with van der Waals surface area (Å²) in [6.07, 6.45) is -0.439. The van der Waals surface area contributed by atoms with Crippen LogP contribution < -0.4 is 9.79 Å². The minimum atomic E-state index is -4.73. The molecule has 2 saturated carbocycles. The Morgan fingerprint density at radius 1 is 0.807 bits per heavy atom. The summed E-state index contributed by atoms with van der Waals surface area (Å²) in [6.45, 7) is 14.9. The molecule has 324 valence electrons. The number of aliphatic hydroxyl groups excluding tert-OH is 1. The monoisotopic (exact) mass is 847 g/mol. The van der Waals surface area contributed by atoms with Gasteiger partial charge in [0.25, 0.3) is 15.6 Å². The van der Waals surface area contributed by atoms with Crippen molar-refractivity contribution in [2.75, 3.05) is 26.4 Å². The lowest BCUT2D eigenvalue weighted by Gasteiger charge is -2.35. The molecule has 5 fully saturated rings. The van der Waals surface area contributed by atoms with Gasteiger partial charge in [0, 0.05) is 12.0 Å². The van der Waals surface area contributed by atoms with E-state index in [-0.39, 0.29) is 99.3 Å². The number of hydrogen-bond acceptors (Lipinski definition) is 17. The number of rotatable bonds is 16. The minimum Gasteiger partial charge on any atom is -0.870 e. The molecule has 6 unspecified atom stereocenters. The fraction of sp³-hybridized carbons (Fsp3) is 1.00. The molecule has 17 nitrogen and oxygen atoms in total. The molecule has 8 radical (unpaired) electrons. The van der Waals surface area contributed by atoms with Gasteiger partial charge >= 0.3 is 0 Å². The van der Waals surface area contributed by atoms with Crippen LogP contribution in [0.15, 0.2) is 0 Å². The Morgan fingerprint density at radius 3 is 1.84 bits per heavy atom. The number of fused-ring (bicyclic) bond motifs is 1. The van der Waals surface area contributed by atoms with Crippen molar-refractivity contribution in [3.05, 3.63) is 0 Å². The highest BCUT2D eigenvalue weighted by molar-refractivity contribution is 7.46. The number of phosphoric ester groups is 2. The maximum absolute atomic E-state index is 12.3. The van der Waals surface area contributed by atoms with Crippen LogP contribution in [0, 0.1) is 0 Å². The second kappa shape index (κ2) is 23.0. The molecule has 14 atom stereocenters. The molecule has 3 heterocycles. The number of aliphatic hydroxyl groups is 2. The van der Waals surface area contributed by atoms with E-state index in [0.29, 0.717) is 25.7 Å². The van der Waals surface area contributed by atoms with Crippen LogP contribution in [0.1, 0.15) is 93.9 Å². The van der Waals surface area contributed by atoms with Gasteiger partial charge < -0.3 is 72.0 Å². The Hall–Kier alpha value is 0.120. The molecular formula is C34H61B4O17P2-3. The molecule has 3 saturated heterocycles. The third-order valence-electron chi connectivity index (χ3n) is 9.51. The first-order chi connectivity index (χ1) is 25.9. The fourth-order valence-corrected chi connectivity index (χ4v) is 9.48. The van der Waals surface area contributed by atoms with Crippen molar-refractivity contribution in [2.24, 2.45) is 0 Å². The van der Waals surface area contributed by atoms with Gasteiger partial charge in [-0.05, 0) is 93.9 Å². The summed E-state index contributed by atoms with van der Waals surface area (Å²) in [7, 11) is 14.1. The molecular weight excluding hydrogens is 786 g/mol. The van der Waals surface area contributed by atoms with Crippen LogP contribution in [0.4, 0.5) is 0 Å². The quantitative estimate of drug-likeness (QED) is 0.165. The summed E-state index contributed by atoms with van der Waals surface area (Å²) in [5.74, 6) is -0.494. The van der Waals surface area contributed by atoms with Crippen LogP contribution in [0.3, 0.4) is 0 Å². The van der Waals surface area contributed by atoms with E-state index >= 15 is 0 Å². The molecule has 5 rings (SSSR count). The molecule has 0 amide bonds. The van der Waals surface area contributed by atoms with Crippen LogP contribution in [-0.2, 0) is 55.6 Å². The average Bonchev–Trinajstić information content (AvgIpc) is 3.80. The first-order valence-electron chi connectivity index (χ1n) is 19.4. The van der Waals surface area contributed by atoms with Gasteiger partial charge in [0.15, 0.2) is 0 Å². The highest BCUT2D eigenvalue weighted by atomic mass is 31.2. The lowest BCUT2D eigenvalue weighted by molar-refractivity contribution is -0.240. The van der Waals surface area contributed by atoms with Crippen molar-refractivity contribution in [3.63, 3.8) is 0 Å². The zero-order chi connectivity index (χ0) is 42.2. The fourth-order valence-electron chi connectivity index (χ4n) is 7.18. The van der Waals surface area contributed by atoms with Gasteiger partial charge in [-0.1, -0.05) is 11.6 Å². The smallest absolute Gasteiger partial charge is 0.268 e. The molecule has 0 bridgehead atoms. The predicted octanol–water partition coefficient (Wildman–Crippen LogP) is 1.50. The Kier molecular flexibility index (Phi) is 21.5. The Bertz CT molecular complexity index is 1290. The molecule has 57 heavy (non-hydrogen) atoms. The molecule has 0 spiro atoms. The second-order valence-electron chi connectivity index (χ2n) is 16.3. The minimum absolute atomic E-state index is 0. The van der Waals surface area contributed by atoms with Crippen molar-refractivity contribution < 1.29 is 81.1 Å². The van der Waals surface area contributed by atoms with Gasteiger partial charge in [-0.2, -0.15) is 0 Å².